The van der Waals surface area contributed by atoms with Gasteiger partial charge in [-0.25, -0.2) is 10.1 Å². The molecule has 0 N–H and O–H groups in total. The van der Waals surface area contributed by atoms with Gasteiger partial charge in [-0.1, -0.05) is 0 Å². The molecule has 0 bridgehead atoms. The first-order valence-electron chi connectivity index (χ1n) is 7.06. The second kappa shape index (κ2) is 8.21. The highest BCUT2D eigenvalue weighted by Gasteiger charge is 2.38. The summed E-state index contributed by atoms with van der Waals surface area (Å²) in [6.07, 6.45) is 4.82. The molecular formula is C15H24N2O6. The first-order valence-corrected chi connectivity index (χ1v) is 7.06. The van der Waals surface area contributed by atoms with Crippen molar-refractivity contribution in [3.05, 3.63) is 24.3 Å². The van der Waals surface area contributed by atoms with Crippen molar-refractivity contribution in [3.63, 3.8) is 0 Å². The van der Waals surface area contributed by atoms with Crippen LogP contribution in [0.5, 0.6) is 0 Å². The van der Waals surface area contributed by atoms with Gasteiger partial charge in [-0.05, 0) is 26.0 Å². The predicted molar refractivity (Wildman–Crippen MR) is 81.7 cm³/mol. The van der Waals surface area contributed by atoms with Gasteiger partial charge in [-0.3, -0.25) is 19.3 Å². The summed E-state index contributed by atoms with van der Waals surface area (Å²) in [6.45, 7) is 3.52. The highest BCUT2D eigenvalue weighted by atomic mass is 16.7. The van der Waals surface area contributed by atoms with Crippen molar-refractivity contribution in [1.82, 2.24) is 10.1 Å². The molecule has 0 radical (unpaired) electrons. The molecule has 8 heteroatoms. The third-order valence-corrected chi connectivity index (χ3v) is 3.19. The Morgan fingerprint density at radius 2 is 1.26 bits per heavy atom. The number of hydroxylamine groups is 4. The molecule has 1 fully saturated rings. The molecule has 0 spiro atoms. The molecule has 0 saturated carbocycles. The Morgan fingerprint density at radius 1 is 0.913 bits per heavy atom. The molecule has 0 aromatic carbocycles. The van der Waals surface area contributed by atoms with Gasteiger partial charge in [0.1, 0.15) is 12.2 Å². The van der Waals surface area contributed by atoms with Gasteiger partial charge in [0.2, 0.25) is 0 Å². The number of nitrogens with zero attached hydrogens (tertiary/aromatic N) is 2. The molecule has 1 heterocycles. The Labute approximate surface area is 136 Å². The lowest BCUT2D eigenvalue weighted by Gasteiger charge is -2.16. The van der Waals surface area contributed by atoms with E-state index in [4.69, 9.17) is 19.1 Å². The van der Waals surface area contributed by atoms with E-state index in [2.05, 4.69) is 0 Å². The summed E-state index contributed by atoms with van der Waals surface area (Å²) in [6, 6.07) is 0. The Bertz CT molecular complexity index is 446. The minimum Gasteiger partial charge on any atom is -0.340 e. The van der Waals surface area contributed by atoms with Crippen LogP contribution in [0, 0.1) is 0 Å². The van der Waals surface area contributed by atoms with Crippen LogP contribution in [0.15, 0.2) is 24.3 Å². The third-order valence-electron chi connectivity index (χ3n) is 3.19. The van der Waals surface area contributed by atoms with E-state index in [0.29, 0.717) is 0 Å². The number of hydrogen-bond donors (Lipinski definition) is 0. The molecule has 1 aliphatic heterocycles. The number of likely N-dealkylation sites (N-methyl/N-ethyl adjacent to an activating group) is 2. The maximum Gasteiger partial charge on any atom is 0.269 e. The fourth-order valence-corrected chi connectivity index (χ4v) is 1.86. The van der Waals surface area contributed by atoms with E-state index in [0.717, 1.165) is 10.1 Å². The summed E-state index contributed by atoms with van der Waals surface area (Å²) in [7, 11) is 5.79. The summed E-state index contributed by atoms with van der Waals surface area (Å²) in [5.74, 6) is -1.49. The minimum absolute atomic E-state index is 0.335. The number of rotatable bonds is 6. The highest BCUT2D eigenvalue weighted by Crippen LogP contribution is 2.29. The van der Waals surface area contributed by atoms with Gasteiger partial charge in [-0.15, -0.1) is 0 Å². The quantitative estimate of drug-likeness (QED) is 0.526. The number of carbonyl (C=O) groups is 2. The molecule has 0 aromatic heterocycles. The summed E-state index contributed by atoms with van der Waals surface area (Å²) in [5.41, 5.74) is 0. The van der Waals surface area contributed by atoms with Crippen LogP contribution in [0.1, 0.15) is 13.8 Å². The van der Waals surface area contributed by atoms with Crippen molar-refractivity contribution in [2.45, 2.75) is 31.8 Å². The molecule has 0 aliphatic carbocycles. The van der Waals surface area contributed by atoms with Crippen molar-refractivity contribution in [3.8, 4) is 0 Å². The standard InChI is InChI=1S/C15H24N2O6/c1-15(2)22-11(7-9-13(18)16(3)20-5)12(23-15)8-10-14(19)17(4)21-6/h7-12H,1-6H3/b9-7+,10-8+/t11-,12-/m1/s1. The molecule has 1 aliphatic rings. The SMILES string of the molecule is CON(C)C(=O)/C=C/[C@H]1OC(C)(C)O[C@@H]1/C=C/C(=O)N(C)OC. The monoisotopic (exact) mass is 328 g/mol. The van der Waals surface area contributed by atoms with E-state index in [-0.39, 0.29) is 11.8 Å². The first-order chi connectivity index (χ1) is 10.7. The maximum atomic E-state index is 11.7. The van der Waals surface area contributed by atoms with Crippen LogP contribution in [0.3, 0.4) is 0 Å². The van der Waals surface area contributed by atoms with E-state index < -0.39 is 18.0 Å². The van der Waals surface area contributed by atoms with Gasteiger partial charge in [0, 0.05) is 26.2 Å². The lowest BCUT2D eigenvalue weighted by atomic mass is 10.1. The Hall–Kier alpha value is -1.74. The maximum absolute atomic E-state index is 11.7. The molecule has 2 amide bonds. The van der Waals surface area contributed by atoms with Crippen molar-refractivity contribution in [2.24, 2.45) is 0 Å². The molecule has 1 rings (SSSR count). The number of ether oxygens (including phenoxy) is 2. The van der Waals surface area contributed by atoms with Crippen molar-refractivity contribution >= 4 is 11.8 Å². The average molecular weight is 328 g/mol. The fraction of sp³-hybridized carbons (Fsp3) is 0.600. The minimum atomic E-state index is -0.823. The van der Waals surface area contributed by atoms with E-state index >= 15 is 0 Å². The normalized spacial score (nSPS) is 23.6. The second-order valence-electron chi connectivity index (χ2n) is 5.32. The number of carbonyl (C=O) groups excluding carboxylic acids is 2. The zero-order chi connectivity index (χ0) is 17.6. The van der Waals surface area contributed by atoms with Gasteiger partial charge in [0.25, 0.3) is 11.8 Å². The van der Waals surface area contributed by atoms with Crippen LogP contribution < -0.4 is 0 Å². The first kappa shape index (κ1) is 19.3. The van der Waals surface area contributed by atoms with Crippen LogP contribution in [-0.2, 0) is 28.7 Å². The fourth-order valence-electron chi connectivity index (χ4n) is 1.86. The molecular weight excluding hydrogens is 304 g/mol. The second-order valence-corrected chi connectivity index (χ2v) is 5.32. The Morgan fingerprint density at radius 3 is 1.57 bits per heavy atom. The van der Waals surface area contributed by atoms with Gasteiger partial charge >= 0.3 is 0 Å². The summed E-state index contributed by atoms with van der Waals surface area (Å²) in [4.78, 5) is 33.0. The summed E-state index contributed by atoms with van der Waals surface area (Å²) < 4.78 is 11.4. The third kappa shape index (κ3) is 5.76. The van der Waals surface area contributed by atoms with Crippen LogP contribution in [0.2, 0.25) is 0 Å². The largest absolute Gasteiger partial charge is 0.340 e. The molecule has 23 heavy (non-hydrogen) atoms. The van der Waals surface area contributed by atoms with Gasteiger partial charge in [0.15, 0.2) is 5.79 Å². The van der Waals surface area contributed by atoms with Gasteiger partial charge in [-0.2, -0.15) is 0 Å². The van der Waals surface area contributed by atoms with E-state index in [1.54, 1.807) is 26.0 Å². The smallest absolute Gasteiger partial charge is 0.269 e. The van der Waals surface area contributed by atoms with Crippen LogP contribution in [0.4, 0.5) is 0 Å². The van der Waals surface area contributed by atoms with Gasteiger partial charge in [0.05, 0.1) is 14.2 Å². The molecule has 8 nitrogen and oxygen atoms in total. The van der Waals surface area contributed by atoms with Crippen LogP contribution in [0.25, 0.3) is 0 Å². The zero-order valence-corrected chi connectivity index (χ0v) is 14.3. The van der Waals surface area contributed by atoms with Crippen molar-refractivity contribution in [1.29, 1.82) is 0 Å². The molecule has 0 aromatic rings. The summed E-state index contributed by atoms with van der Waals surface area (Å²) >= 11 is 0. The van der Waals surface area contributed by atoms with Crippen LogP contribution in [-0.4, -0.2) is 68.3 Å². The van der Waals surface area contributed by atoms with E-state index in [1.807, 2.05) is 0 Å². The van der Waals surface area contributed by atoms with Crippen LogP contribution >= 0.6 is 0 Å². The average Bonchev–Trinajstić information content (AvgIpc) is 2.82. The van der Waals surface area contributed by atoms with E-state index in [1.165, 1.54) is 40.5 Å². The topological polar surface area (TPSA) is 77.5 Å². The Kier molecular flexibility index (Phi) is 6.89. The molecule has 2 atom stereocenters. The lowest BCUT2D eigenvalue weighted by molar-refractivity contribution is -0.163. The number of amides is 2. The molecule has 130 valence electrons. The van der Waals surface area contributed by atoms with E-state index in [9.17, 15) is 9.59 Å². The molecule has 0 unspecified atom stereocenters. The number of hydrogen-bond acceptors (Lipinski definition) is 6. The van der Waals surface area contributed by atoms with Gasteiger partial charge < -0.3 is 9.47 Å². The lowest BCUT2D eigenvalue weighted by Crippen LogP contribution is -2.25. The predicted octanol–water partition coefficient (Wildman–Crippen LogP) is 0.658. The summed E-state index contributed by atoms with van der Waals surface area (Å²) in [5, 5.41) is 2.17. The van der Waals surface area contributed by atoms with Crippen molar-refractivity contribution in [2.75, 3.05) is 28.3 Å². The van der Waals surface area contributed by atoms with Crippen molar-refractivity contribution < 1.29 is 28.7 Å². The Balaban J connectivity index is 2.79. The zero-order valence-electron chi connectivity index (χ0n) is 14.3. The molecule has 1 saturated heterocycles. The highest BCUT2D eigenvalue weighted by molar-refractivity contribution is 5.87.